The monoisotopic (exact) mass is 1290 g/mol. The Morgan fingerprint density at radius 2 is 1.34 bits per heavy atom. The number of amides is 10. The van der Waals surface area contributed by atoms with Crippen molar-refractivity contribution in [2.75, 3.05) is 20.1 Å². The molecule has 3 aromatic heterocycles. The van der Waals surface area contributed by atoms with E-state index in [2.05, 4.69) is 83.2 Å². The largest absolute Gasteiger partial charge is 0.370 e. The summed E-state index contributed by atoms with van der Waals surface area (Å²) in [6.45, 7) is 14.3. The molecule has 8 atom stereocenters. The summed E-state index contributed by atoms with van der Waals surface area (Å²) >= 11 is 5.44. The molecule has 0 aliphatic heterocycles. The summed E-state index contributed by atoms with van der Waals surface area (Å²) in [6.07, 6.45) is 7.07. The highest BCUT2D eigenvalue weighted by Crippen LogP contribution is 2.22. The molecule has 10 amide bonds. The Balaban J connectivity index is 1.18. The van der Waals surface area contributed by atoms with Crippen LogP contribution in [0.5, 0.6) is 0 Å². The van der Waals surface area contributed by atoms with Crippen LogP contribution in [0.15, 0.2) is 73.6 Å². The second-order valence-electron chi connectivity index (χ2n) is 24.2. The van der Waals surface area contributed by atoms with Crippen LogP contribution in [-0.2, 0) is 67.3 Å². The van der Waals surface area contributed by atoms with E-state index in [0.717, 1.165) is 26.9 Å². The number of aromatic nitrogens is 7. The van der Waals surface area contributed by atoms with Gasteiger partial charge in [-0.3, -0.25) is 47.9 Å². The SMILES string of the molecule is CCC(C)[C@@H](CCC(=O)N[C@H](C(N)=O)C(C)(C)C)NC(=O)[C@H](Cc1cnc[nH]1)NC(=O)CN(C)C(=O)[C@@H](NC(=O)[C@H](C)NC(=O)[C@H](Cc1c[nH]c2ccccc12)NC(=O)[C@H](CCC(N)=O)NC(=O)CCCCNC(=S)NCc1ccc(-c2nncnn2)cc1)C(C)C. The minimum Gasteiger partial charge on any atom is -0.370 e. The molecule has 0 radical (unpaired) electrons. The lowest BCUT2D eigenvalue weighted by molar-refractivity contribution is -0.140. The van der Waals surface area contributed by atoms with Crippen LogP contribution in [-0.4, -0.2) is 167 Å². The molecule has 92 heavy (non-hydrogen) atoms. The third-order valence-electron chi connectivity index (χ3n) is 15.4. The number of imidazole rings is 1. The third kappa shape index (κ3) is 23.7. The van der Waals surface area contributed by atoms with Crippen molar-refractivity contribution in [1.29, 1.82) is 0 Å². The first kappa shape index (κ1) is 73.3. The lowest BCUT2D eigenvalue weighted by Crippen LogP contribution is -2.59. The van der Waals surface area contributed by atoms with E-state index in [0.29, 0.717) is 54.5 Å². The van der Waals surface area contributed by atoms with Crippen molar-refractivity contribution in [2.45, 2.75) is 168 Å². The number of aromatic amines is 2. The van der Waals surface area contributed by atoms with Gasteiger partial charge in [0, 0.05) is 92.8 Å². The second-order valence-corrected chi connectivity index (χ2v) is 24.7. The minimum atomic E-state index is -1.35. The van der Waals surface area contributed by atoms with Crippen molar-refractivity contribution >= 4 is 87.3 Å². The Morgan fingerprint density at radius 1 is 0.685 bits per heavy atom. The fourth-order valence-corrected chi connectivity index (χ4v) is 10.0. The summed E-state index contributed by atoms with van der Waals surface area (Å²) in [5, 5.41) is 42.1. The topological polar surface area (TPSA) is 430 Å². The van der Waals surface area contributed by atoms with Gasteiger partial charge in [0.15, 0.2) is 11.4 Å². The van der Waals surface area contributed by atoms with Crippen LogP contribution in [0.3, 0.4) is 0 Å². The molecule has 2 aromatic carbocycles. The number of likely N-dealkylation sites (N-methyl/N-ethyl adjacent to an activating group) is 1. The molecule has 0 saturated carbocycles. The standard InChI is InChI=1S/C62H89N19O10S/c1-10-36(4)43(23-25-50(84)77-53(54(64)86)62(6,7)8)75-59(90)47(28-41-31-65-33-69-41)74-51(85)32-81(9)60(91)52(35(2)3)78-56(87)37(5)72-58(89)46(27-40-30-67-44-16-12-11-15-42(40)44)76-57(88)45(22-24-48(63)82)73-49(83)17-13-14-26-66-61(92)68-29-38-18-20-39(21-19-38)55-79-70-34-71-80-55/h11-12,15-16,18-21,30-31,33-37,43,45-47,52-53,67H,10,13-14,17,22-29,32H2,1-9H3,(H2,63,82)(H2,64,86)(H,65,69)(H,72,89)(H,73,83)(H,74,85)(H,75,90)(H,76,88)(H,77,84)(H,78,87)(H2,66,68,92)/t36?,37-,43+,45-,46-,47-,52-,53+/m0/s1. The number of hydrogen-bond donors (Lipinski definition) is 13. The Hall–Kier alpha value is -9.48. The minimum absolute atomic E-state index is 0.0112. The summed E-state index contributed by atoms with van der Waals surface area (Å²) in [4.78, 5) is 146. The molecule has 0 aliphatic rings. The van der Waals surface area contributed by atoms with Crippen LogP contribution in [0.4, 0.5) is 0 Å². The van der Waals surface area contributed by atoms with E-state index in [4.69, 9.17) is 23.7 Å². The molecule has 0 bridgehead atoms. The first-order valence-corrected chi connectivity index (χ1v) is 31.1. The highest BCUT2D eigenvalue weighted by atomic mass is 32.1. The smallest absolute Gasteiger partial charge is 0.245 e. The number of hydrogen-bond acceptors (Lipinski definition) is 16. The number of carbonyl (C=O) groups is 10. The third-order valence-corrected chi connectivity index (χ3v) is 15.7. The van der Waals surface area contributed by atoms with Gasteiger partial charge in [-0.25, -0.2) is 4.98 Å². The number of H-pyrrole nitrogens is 2. The predicted molar refractivity (Wildman–Crippen MR) is 346 cm³/mol. The first-order valence-electron chi connectivity index (χ1n) is 30.7. The lowest BCUT2D eigenvalue weighted by atomic mass is 9.86. The number of primary amides is 2. The number of fused-ring (bicyclic) bond motifs is 1. The summed E-state index contributed by atoms with van der Waals surface area (Å²) in [7, 11) is 1.36. The molecule has 29 nitrogen and oxygen atoms in total. The van der Waals surface area contributed by atoms with Gasteiger partial charge in [0.1, 0.15) is 36.3 Å². The predicted octanol–water partition coefficient (Wildman–Crippen LogP) is 0.909. The quantitative estimate of drug-likeness (QED) is 0.0196. The number of carbonyl (C=O) groups excluding carboxylic acids is 10. The van der Waals surface area contributed by atoms with Gasteiger partial charge in [-0.2, -0.15) is 0 Å². The molecule has 30 heteroatoms. The normalized spacial score (nSPS) is 13.9. The molecule has 0 spiro atoms. The van der Waals surface area contributed by atoms with E-state index in [1.54, 1.807) is 40.8 Å². The van der Waals surface area contributed by atoms with E-state index in [-0.39, 0.29) is 50.9 Å². The Morgan fingerprint density at radius 3 is 1.98 bits per heavy atom. The zero-order chi connectivity index (χ0) is 67.7. The molecule has 5 aromatic rings. The van der Waals surface area contributed by atoms with Crippen LogP contribution in [0.2, 0.25) is 0 Å². The second kappa shape index (κ2) is 35.8. The van der Waals surface area contributed by atoms with Crippen molar-refractivity contribution in [2.24, 2.45) is 28.7 Å². The molecule has 0 aliphatic carbocycles. The molecule has 3 heterocycles. The van der Waals surface area contributed by atoms with Crippen molar-refractivity contribution in [3.63, 3.8) is 0 Å². The zero-order valence-electron chi connectivity index (χ0n) is 53.6. The molecule has 0 fully saturated rings. The number of nitrogens with zero attached hydrogens (tertiary/aromatic N) is 6. The zero-order valence-corrected chi connectivity index (χ0v) is 54.5. The first-order chi connectivity index (χ1) is 43.6. The maximum absolute atomic E-state index is 14.4. The molecule has 1 unspecified atom stereocenters. The fraction of sp³-hybridized carbons (Fsp3) is 0.516. The average molecular weight is 1290 g/mol. The number of unbranched alkanes of at least 4 members (excludes halogenated alkanes) is 1. The van der Waals surface area contributed by atoms with Crippen molar-refractivity contribution < 1.29 is 47.9 Å². The van der Waals surface area contributed by atoms with E-state index in [1.807, 2.05) is 62.4 Å². The van der Waals surface area contributed by atoms with Gasteiger partial charge in [-0.1, -0.05) is 97.4 Å². The molecular weight excluding hydrogens is 1200 g/mol. The van der Waals surface area contributed by atoms with E-state index in [9.17, 15) is 47.9 Å². The lowest BCUT2D eigenvalue weighted by Gasteiger charge is -2.30. The van der Waals surface area contributed by atoms with Crippen LogP contribution in [0.25, 0.3) is 22.3 Å². The van der Waals surface area contributed by atoms with Gasteiger partial charge < -0.3 is 74.2 Å². The van der Waals surface area contributed by atoms with Gasteiger partial charge in [-0.05, 0) is 79.3 Å². The van der Waals surface area contributed by atoms with Crippen LogP contribution >= 0.6 is 12.2 Å². The summed E-state index contributed by atoms with van der Waals surface area (Å²) in [5.41, 5.74) is 14.1. The fourth-order valence-electron chi connectivity index (χ4n) is 9.84. The Kier molecular flexibility index (Phi) is 28.5. The van der Waals surface area contributed by atoms with Crippen LogP contribution in [0, 0.1) is 17.3 Å². The maximum Gasteiger partial charge on any atom is 0.245 e. The van der Waals surface area contributed by atoms with E-state index >= 15 is 0 Å². The Bertz CT molecular complexity index is 3300. The molecule has 0 saturated heterocycles. The summed E-state index contributed by atoms with van der Waals surface area (Å²) in [5.74, 6) is -6.84. The average Bonchev–Trinajstić information content (AvgIpc) is 1.70. The summed E-state index contributed by atoms with van der Waals surface area (Å²) < 4.78 is 0. The number of thiocarbonyl (C=S) groups is 1. The highest BCUT2D eigenvalue weighted by Gasteiger charge is 2.35. The van der Waals surface area contributed by atoms with E-state index < -0.39 is 119 Å². The highest BCUT2D eigenvalue weighted by molar-refractivity contribution is 7.80. The van der Waals surface area contributed by atoms with Crippen LogP contribution < -0.4 is 59.3 Å². The van der Waals surface area contributed by atoms with Gasteiger partial charge in [0.25, 0.3) is 0 Å². The van der Waals surface area contributed by atoms with Crippen molar-refractivity contribution in [3.8, 4) is 11.4 Å². The molecular formula is C62H89N19O10S. The van der Waals surface area contributed by atoms with Gasteiger partial charge >= 0.3 is 0 Å². The van der Waals surface area contributed by atoms with Crippen molar-refractivity contribution in [3.05, 3.63) is 90.4 Å². The number of nitrogens with two attached hydrogens (primary N) is 2. The molecule has 15 N–H and O–H groups in total. The number of nitrogens with one attached hydrogen (secondary N) is 11. The number of rotatable bonds is 36. The number of benzene rings is 2. The van der Waals surface area contributed by atoms with E-state index in [1.165, 1.54) is 32.8 Å². The summed E-state index contributed by atoms with van der Waals surface area (Å²) in [6, 6.07) is 7.04. The van der Waals surface area contributed by atoms with Crippen LogP contribution in [0.1, 0.15) is 124 Å². The van der Waals surface area contributed by atoms with Gasteiger partial charge in [0.05, 0.1) is 12.9 Å². The molecule has 5 rings (SSSR count). The van der Waals surface area contributed by atoms with Gasteiger partial charge in [-0.15, -0.1) is 20.4 Å². The molecule has 498 valence electrons. The maximum atomic E-state index is 14.4. The number of para-hydroxylation sites is 1. The van der Waals surface area contributed by atoms with Crippen molar-refractivity contribution in [1.82, 2.24) is 88.1 Å². The Labute approximate surface area is 540 Å². The van der Waals surface area contributed by atoms with Gasteiger partial charge in [0.2, 0.25) is 64.9 Å².